The lowest BCUT2D eigenvalue weighted by atomic mass is 10.2. The zero-order valence-corrected chi connectivity index (χ0v) is 15.8. The maximum atomic E-state index is 13.3. The van der Waals surface area contributed by atoms with Crippen LogP contribution in [0, 0.1) is 6.92 Å². The minimum absolute atomic E-state index is 0.303. The fraction of sp³-hybridized carbons (Fsp3) is 0.333. The Morgan fingerprint density at radius 2 is 1.54 bits per heavy atom. The monoisotopic (exact) mass is 367 g/mol. The fourth-order valence-corrected chi connectivity index (χ4v) is 4.41. The van der Waals surface area contributed by atoms with Crippen LogP contribution < -0.4 is 5.32 Å². The molecule has 0 radical (unpaired) electrons. The van der Waals surface area contributed by atoms with E-state index < -0.39 is 13.4 Å². The van der Waals surface area contributed by atoms with Crippen molar-refractivity contribution < 1.29 is 13.6 Å². The van der Waals surface area contributed by atoms with Crippen molar-refractivity contribution >= 4 is 24.9 Å². The van der Waals surface area contributed by atoms with Crippen LogP contribution in [0.25, 0.3) is 0 Å². The van der Waals surface area contributed by atoms with Crippen LogP contribution in [0.2, 0.25) is 5.02 Å². The molecule has 0 aliphatic carbocycles. The van der Waals surface area contributed by atoms with Gasteiger partial charge < -0.3 is 14.4 Å². The third kappa shape index (κ3) is 4.84. The number of anilines is 1. The van der Waals surface area contributed by atoms with E-state index >= 15 is 0 Å². The largest absolute Gasteiger partial charge is 0.368 e. The smallest absolute Gasteiger partial charge is 0.357 e. The first-order valence-corrected chi connectivity index (χ1v) is 9.95. The van der Waals surface area contributed by atoms with Crippen molar-refractivity contribution in [2.24, 2.45) is 0 Å². The van der Waals surface area contributed by atoms with E-state index in [4.69, 9.17) is 20.6 Å². The van der Waals surface area contributed by atoms with Gasteiger partial charge in [0.2, 0.25) is 0 Å². The second-order valence-corrected chi connectivity index (χ2v) is 7.89. The van der Waals surface area contributed by atoms with Gasteiger partial charge in [0.05, 0.1) is 13.2 Å². The Balaban J connectivity index is 2.41. The first kappa shape index (κ1) is 19.0. The molecule has 2 aromatic carbocycles. The highest BCUT2D eigenvalue weighted by Crippen LogP contribution is 2.60. The Morgan fingerprint density at radius 1 is 1.00 bits per heavy atom. The third-order valence-electron chi connectivity index (χ3n) is 3.48. The number of benzene rings is 2. The van der Waals surface area contributed by atoms with E-state index in [-0.39, 0.29) is 0 Å². The summed E-state index contributed by atoms with van der Waals surface area (Å²) in [6, 6.07) is 15.1. The van der Waals surface area contributed by atoms with Gasteiger partial charge in [-0.3, -0.25) is 4.57 Å². The molecule has 0 aromatic heterocycles. The summed E-state index contributed by atoms with van der Waals surface area (Å²) in [7, 11) is -3.40. The molecule has 0 fully saturated rings. The predicted molar refractivity (Wildman–Crippen MR) is 99.9 cm³/mol. The molecule has 0 unspecified atom stereocenters. The summed E-state index contributed by atoms with van der Waals surface area (Å²) in [6.45, 7) is 6.23. The molecule has 0 spiro atoms. The lowest BCUT2D eigenvalue weighted by Gasteiger charge is -2.28. The van der Waals surface area contributed by atoms with Crippen molar-refractivity contribution in [3.8, 4) is 0 Å². The Kier molecular flexibility index (Phi) is 6.88. The van der Waals surface area contributed by atoms with Gasteiger partial charge in [0, 0.05) is 10.7 Å². The van der Waals surface area contributed by atoms with Crippen LogP contribution in [-0.2, 0) is 13.6 Å². The molecular weight excluding hydrogens is 345 g/mol. The van der Waals surface area contributed by atoms with Gasteiger partial charge in [-0.05, 0) is 50.6 Å². The summed E-state index contributed by atoms with van der Waals surface area (Å²) in [6.07, 6.45) is 0. The van der Waals surface area contributed by atoms with Crippen molar-refractivity contribution in [2.45, 2.75) is 26.6 Å². The van der Waals surface area contributed by atoms with Crippen LogP contribution in [0.1, 0.15) is 30.8 Å². The van der Waals surface area contributed by atoms with Gasteiger partial charge in [-0.25, -0.2) is 0 Å². The van der Waals surface area contributed by atoms with Crippen LogP contribution in [0.5, 0.6) is 0 Å². The zero-order chi connectivity index (χ0) is 17.6. The highest BCUT2D eigenvalue weighted by molar-refractivity contribution is 7.54. The minimum atomic E-state index is -3.40. The van der Waals surface area contributed by atoms with E-state index in [1.807, 2.05) is 43.3 Å². The van der Waals surface area contributed by atoms with E-state index in [1.165, 1.54) is 0 Å². The molecule has 4 nitrogen and oxygen atoms in total. The first-order chi connectivity index (χ1) is 11.5. The second-order valence-electron chi connectivity index (χ2n) is 5.34. The molecule has 0 saturated heterocycles. The highest BCUT2D eigenvalue weighted by Gasteiger charge is 2.37. The molecule has 130 valence electrons. The maximum absolute atomic E-state index is 13.3. The molecule has 6 heteroatoms. The summed E-state index contributed by atoms with van der Waals surface area (Å²) in [4.78, 5) is 0. The summed E-state index contributed by atoms with van der Waals surface area (Å²) >= 11 is 5.98. The Bertz CT molecular complexity index is 678. The number of aryl methyl sites for hydroxylation is 1. The quantitative estimate of drug-likeness (QED) is 0.579. The van der Waals surface area contributed by atoms with Gasteiger partial charge in [-0.2, -0.15) is 0 Å². The molecule has 0 aliphatic heterocycles. The van der Waals surface area contributed by atoms with Crippen LogP contribution in [0.15, 0.2) is 48.5 Å². The molecular formula is C18H23ClNO3P. The molecule has 24 heavy (non-hydrogen) atoms. The summed E-state index contributed by atoms with van der Waals surface area (Å²) in [5.41, 5.74) is 2.80. The molecule has 1 atom stereocenters. The van der Waals surface area contributed by atoms with E-state index in [2.05, 4.69) is 5.32 Å². The molecule has 0 bridgehead atoms. The van der Waals surface area contributed by atoms with Gasteiger partial charge in [0.25, 0.3) is 0 Å². The van der Waals surface area contributed by atoms with Crippen LogP contribution in [0.4, 0.5) is 5.69 Å². The van der Waals surface area contributed by atoms with Gasteiger partial charge in [-0.15, -0.1) is 0 Å². The average molecular weight is 368 g/mol. The third-order valence-corrected chi connectivity index (χ3v) is 6.02. The van der Waals surface area contributed by atoms with E-state index in [9.17, 15) is 4.57 Å². The van der Waals surface area contributed by atoms with Crippen molar-refractivity contribution in [3.63, 3.8) is 0 Å². The second kappa shape index (κ2) is 8.68. The van der Waals surface area contributed by atoms with E-state index in [0.717, 1.165) is 16.8 Å². The normalized spacial score (nSPS) is 12.8. The number of rotatable bonds is 8. The Hall–Kier alpha value is -1.32. The lowest BCUT2D eigenvalue weighted by molar-refractivity contribution is 0.214. The van der Waals surface area contributed by atoms with Crippen molar-refractivity contribution in [1.82, 2.24) is 0 Å². The predicted octanol–water partition coefficient (Wildman–Crippen LogP) is 6.03. The Morgan fingerprint density at radius 3 is 2.04 bits per heavy atom. The number of nitrogens with one attached hydrogen (secondary N) is 1. The molecule has 0 saturated carbocycles. The molecule has 0 aliphatic rings. The highest BCUT2D eigenvalue weighted by atomic mass is 35.5. The van der Waals surface area contributed by atoms with E-state index in [0.29, 0.717) is 18.2 Å². The maximum Gasteiger partial charge on any atom is 0.357 e. The van der Waals surface area contributed by atoms with Gasteiger partial charge in [0.15, 0.2) is 5.78 Å². The van der Waals surface area contributed by atoms with Crippen molar-refractivity contribution in [3.05, 3.63) is 64.7 Å². The number of halogens is 1. The van der Waals surface area contributed by atoms with Crippen molar-refractivity contribution in [2.75, 3.05) is 18.5 Å². The molecule has 0 amide bonds. The standard InChI is InChI=1S/C18H23ClNO3P/c1-4-22-24(21,23-5-2)18(15-8-10-16(19)11-9-15)20-17-12-6-14(3)7-13-17/h6-13,18,20H,4-5H2,1-3H3/t18-/m0/s1. The van der Waals surface area contributed by atoms with Gasteiger partial charge >= 0.3 is 7.60 Å². The van der Waals surface area contributed by atoms with Crippen LogP contribution in [0.3, 0.4) is 0 Å². The molecule has 2 aromatic rings. The number of hydrogen-bond donors (Lipinski definition) is 1. The van der Waals surface area contributed by atoms with Gasteiger partial charge in [0.1, 0.15) is 0 Å². The Labute approximate surface area is 148 Å². The molecule has 0 heterocycles. The number of hydrogen-bond acceptors (Lipinski definition) is 4. The molecule has 1 N–H and O–H groups in total. The first-order valence-electron chi connectivity index (χ1n) is 7.96. The summed E-state index contributed by atoms with van der Waals surface area (Å²) < 4.78 is 24.4. The minimum Gasteiger partial charge on any atom is -0.368 e. The lowest BCUT2D eigenvalue weighted by Crippen LogP contribution is -2.15. The van der Waals surface area contributed by atoms with Crippen molar-refractivity contribution in [1.29, 1.82) is 0 Å². The van der Waals surface area contributed by atoms with Gasteiger partial charge in [-0.1, -0.05) is 41.4 Å². The van der Waals surface area contributed by atoms with Crippen LogP contribution >= 0.6 is 19.2 Å². The van der Waals surface area contributed by atoms with Crippen LogP contribution in [-0.4, -0.2) is 13.2 Å². The summed E-state index contributed by atoms with van der Waals surface area (Å²) in [5.74, 6) is -0.614. The SMILES string of the molecule is CCOP(=O)(OCC)[C@H](Nc1ccc(C)cc1)c1ccc(Cl)cc1. The summed E-state index contributed by atoms with van der Waals surface area (Å²) in [5, 5.41) is 3.92. The molecule has 2 rings (SSSR count). The average Bonchev–Trinajstić information content (AvgIpc) is 2.56. The fourth-order valence-electron chi connectivity index (χ4n) is 2.34. The zero-order valence-electron chi connectivity index (χ0n) is 14.2. The topological polar surface area (TPSA) is 47.6 Å². The van der Waals surface area contributed by atoms with E-state index in [1.54, 1.807) is 26.0 Å².